The Morgan fingerprint density at radius 3 is 2.56 bits per heavy atom. The summed E-state index contributed by atoms with van der Waals surface area (Å²) in [5.74, 6) is -1.26. The maximum atomic E-state index is 13.6. The van der Waals surface area contributed by atoms with Crippen LogP contribution in [0.4, 0.5) is 20.2 Å². The first-order chi connectivity index (χ1) is 17.4. The summed E-state index contributed by atoms with van der Waals surface area (Å²) in [6.07, 6.45) is 0.373. The highest BCUT2D eigenvalue weighted by Gasteiger charge is 2.41. The highest BCUT2D eigenvalue weighted by atomic mass is 19.1. The summed E-state index contributed by atoms with van der Waals surface area (Å²) in [4.78, 5) is 28.8. The van der Waals surface area contributed by atoms with Crippen molar-refractivity contribution in [1.82, 2.24) is 10.2 Å². The number of anilines is 1. The zero-order chi connectivity index (χ0) is 25.2. The normalized spacial score (nSPS) is 19.3. The average Bonchev–Trinajstić information content (AvgIpc) is 2.87. The molecule has 0 saturated carbocycles. The fourth-order valence-corrected chi connectivity index (χ4v) is 5.24. The smallest absolute Gasteiger partial charge is 0.269 e. The number of nitrogens with one attached hydrogen (secondary N) is 1. The van der Waals surface area contributed by atoms with Crippen molar-refractivity contribution >= 4 is 17.3 Å². The third-order valence-electron chi connectivity index (χ3n) is 7.00. The monoisotopic (exact) mass is 492 g/mol. The van der Waals surface area contributed by atoms with E-state index in [1.54, 1.807) is 36.4 Å². The minimum atomic E-state index is -0.441. The van der Waals surface area contributed by atoms with Crippen molar-refractivity contribution in [2.75, 3.05) is 24.5 Å². The number of carbonyl (C=O) groups is 1. The van der Waals surface area contributed by atoms with Gasteiger partial charge in [0.1, 0.15) is 11.6 Å². The Labute approximate surface area is 207 Å². The van der Waals surface area contributed by atoms with Crippen molar-refractivity contribution in [3.8, 4) is 0 Å². The van der Waals surface area contributed by atoms with E-state index in [1.165, 1.54) is 30.3 Å². The zero-order valence-electron chi connectivity index (χ0n) is 19.6. The van der Waals surface area contributed by atoms with E-state index in [0.29, 0.717) is 31.6 Å². The number of nitro groups is 1. The number of amides is 1. The molecule has 0 aliphatic carbocycles. The Hall–Kier alpha value is -3.85. The molecule has 1 N–H and O–H groups in total. The Balaban J connectivity index is 1.39. The maximum Gasteiger partial charge on any atom is 0.269 e. The number of piperazine rings is 1. The molecule has 0 unspecified atom stereocenters. The third kappa shape index (κ3) is 5.06. The predicted octanol–water partition coefficient (Wildman–Crippen LogP) is 4.05. The number of benzene rings is 3. The van der Waals surface area contributed by atoms with Gasteiger partial charge in [0.05, 0.1) is 16.9 Å². The number of rotatable bonds is 6. The maximum absolute atomic E-state index is 13.6. The Kier molecular flexibility index (Phi) is 6.65. The van der Waals surface area contributed by atoms with Gasteiger partial charge in [-0.15, -0.1) is 0 Å². The number of nitro benzene ring substituents is 1. The summed E-state index contributed by atoms with van der Waals surface area (Å²) in [7, 11) is 0. The standard InChI is InChI=1S/C27H26F2N4O3/c28-21-6-4-18(5-7-21)16-31-10-11-32-25-9-8-23(33(35)36)13-20(25)14-24(26(32)17-31)27(34)30-15-19-2-1-3-22(29)12-19/h1-9,12-13,24,26H,10-11,14-17H2,(H,30,34)/t24-,26-/m0/s1. The summed E-state index contributed by atoms with van der Waals surface area (Å²) in [6.45, 7) is 2.84. The van der Waals surface area contributed by atoms with Crippen LogP contribution in [0.2, 0.25) is 0 Å². The highest BCUT2D eigenvalue weighted by molar-refractivity contribution is 5.82. The van der Waals surface area contributed by atoms with E-state index in [4.69, 9.17) is 0 Å². The molecule has 2 atom stereocenters. The van der Waals surface area contributed by atoms with Crippen molar-refractivity contribution in [2.24, 2.45) is 5.92 Å². The van der Waals surface area contributed by atoms with Gasteiger partial charge in [0.15, 0.2) is 0 Å². The summed E-state index contributed by atoms with van der Waals surface area (Å²) < 4.78 is 26.9. The second-order valence-electron chi connectivity index (χ2n) is 9.35. The lowest BCUT2D eigenvalue weighted by molar-refractivity contribution is -0.384. The van der Waals surface area contributed by atoms with Crippen molar-refractivity contribution in [3.05, 3.63) is 105 Å². The fourth-order valence-electron chi connectivity index (χ4n) is 5.24. The Morgan fingerprint density at radius 2 is 1.81 bits per heavy atom. The number of nitrogens with zero attached hydrogens (tertiary/aromatic N) is 3. The van der Waals surface area contributed by atoms with Gasteiger partial charge in [-0.1, -0.05) is 24.3 Å². The van der Waals surface area contributed by atoms with Crippen LogP contribution in [0.1, 0.15) is 16.7 Å². The van der Waals surface area contributed by atoms with Crippen molar-refractivity contribution < 1.29 is 18.5 Å². The molecule has 0 spiro atoms. The third-order valence-corrected chi connectivity index (χ3v) is 7.00. The van der Waals surface area contributed by atoms with E-state index in [1.807, 2.05) is 0 Å². The van der Waals surface area contributed by atoms with Crippen LogP contribution >= 0.6 is 0 Å². The lowest BCUT2D eigenvalue weighted by atomic mass is 9.83. The quantitative estimate of drug-likeness (QED) is 0.415. The van der Waals surface area contributed by atoms with Crippen LogP contribution in [0, 0.1) is 27.7 Å². The van der Waals surface area contributed by atoms with Crippen LogP contribution in [-0.2, 0) is 24.3 Å². The van der Waals surface area contributed by atoms with Crippen LogP contribution in [0.5, 0.6) is 0 Å². The van der Waals surface area contributed by atoms with Crippen LogP contribution in [0.15, 0.2) is 66.7 Å². The largest absolute Gasteiger partial charge is 0.365 e. The van der Waals surface area contributed by atoms with Crippen molar-refractivity contribution in [2.45, 2.75) is 25.6 Å². The molecule has 3 aromatic carbocycles. The minimum absolute atomic E-state index is 0.000986. The predicted molar refractivity (Wildman–Crippen MR) is 131 cm³/mol. The molecule has 2 heterocycles. The average molecular weight is 493 g/mol. The van der Waals surface area contributed by atoms with Crippen LogP contribution in [0.25, 0.3) is 0 Å². The van der Waals surface area contributed by atoms with E-state index >= 15 is 0 Å². The molecule has 1 amide bonds. The van der Waals surface area contributed by atoms with Gasteiger partial charge in [-0.05, 0) is 53.4 Å². The molecule has 186 valence electrons. The number of halogens is 2. The van der Waals surface area contributed by atoms with Gasteiger partial charge in [0.25, 0.3) is 5.69 Å². The molecule has 5 rings (SSSR count). The number of hydrogen-bond acceptors (Lipinski definition) is 5. The van der Waals surface area contributed by atoms with Crippen LogP contribution < -0.4 is 10.2 Å². The summed E-state index contributed by atoms with van der Waals surface area (Å²) in [6, 6.07) is 17.2. The van der Waals surface area contributed by atoms with Crippen LogP contribution in [-0.4, -0.2) is 41.4 Å². The molecule has 0 bridgehead atoms. The van der Waals surface area contributed by atoms with E-state index in [-0.39, 0.29) is 35.8 Å². The van der Waals surface area contributed by atoms with Gasteiger partial charge in [-0.3, -0.25) is 19.8 Å². The van der Waals surface area contributed by atoms with Gasteiger partial charge in [-0.25, -0.2) is 8.78 Å². The van der Waals surface area contributed by atoms with Gasteiger partial charge >= 0.3 is 0 Å². The van der Waals surface area contributed by atoms with Gasteiger partial charge in [0.2, 0.25) is 5.91 Å². The Bertz CT molecular complexity index is 1280. The Morgan fingerprint density at radius 1 is 1.00 bits per heavy atom. The second-order valence-corrected chi connectivity index (χ2v) is 9.35. The number of non-ortho nitro benzene ring substituents is 1. The molecule has 36 heavy (non-hydrogen) atoms. The summed E-state index contributed by atoms with van der Waals surface area (Å²) >= 11 is 0. The SMILES string of the molecule is O=C(NCc1cccc(F)c1)[C@H]1Cc2cc([N+](=O)[O-])ccc2N2CCN(Cc3ccc(F)cc3)C[C@@H]12. The highest BCUT2D eigenvalue weighted by Crippen LogP contribution is 2.38. The lowest BCUT2D eigenvalue weighted by Gasteiger charge is -2.49. The van der Waals surface area contributed by atoms with E-state index in [0.717, 1.165) is 23.4 Å². The minimum Gasteiger partial charge on any atom is -0.365 e. The first kappa shape index (κ1) is 23.9. The molecule has 0 radical (unpaired) electrons. The summed E-state index contributed by atoms with van der Waals surface area (Å²) in [5.41, 5.74) is 3.35. The second kappa shape index (κ2) is 10.0. The first-order valence-electron chi connectivity index (χ1n) is 11.9. The lowest BCUT2D eigenvalue weighted by Crippen LogP contribution is -2.60. The summed E-state index contributed by atoms with van der Waals surface area (Å²) in [5, 5.41) is 14.3. The van der Waals surface area contributed by atoms with Gasteiger partial charge in [-0.2, -0.15) is 0 Å². The van der Waals surface area contributed by atoms with Crippen molar-refractivity contribution in [1.29, 1.82) is 0 Å². The molecule has 1 saturated heterocycles. The van der Waals surface area contributed by atoms with Crippen LogP contribution in [0.3, 0.4) is 0 Å². The topological polar surface area (TPSA) is 78.7 Å². The zero-order valence-corrected chi connectivity index (χ0v) is 19.6. The first-order valence-corrected chi connectivity index (χ1v) is 11.9. The molecule has 1 fully saturated rings. The number of hydrogen-bond donors (Lipinski definition) is 1. The molecule has 3 aromatic rings. The fraction of sp³-hybridized carbons (Fsp3) is 0.296. The number of fused-ring (bicyclic) bond motifs is 3. The van der Waals surface area contributed by atoms with Gasteiger partial charge in [0, 0.05) is 50.5 Å². The molecule has 0 aromatic heterocycles. The van der Waals surface area contributed by atoms with E-state index in [2.05, 4.69) is 15.1 Å². The van der Waals surface area contributed by atoms with E-state index in [9.17, 15) is 23.7 Å². The molecule has 7 nitrogen and oxygen atoms in total. The molecule has 2 aliphatic rings. The molecule has 2 aliphatic heterocycles. The van der Waals surface area contributed by atoms with E-state index < -0.39 is 10.8 Å². The van der Waals surface area contributed by atoms with Crippen molar-refractivity contribution in [3.63, 3.8) is 0 Å². The number of carbonyl (C=O) groups excluding carboxylic acids is 1. The molecular weight excluding hydrogens is 466 g/mol. The molecular formula is C27H26F2N4O3. The molecule has 9 heteroatoms. The van der Waals surface area contributed by atoms with Gasteiger partial charge < -0.3 is 10.2 Å².